The van der Waals surface area contributed by atoms with Crippen LogP contribution in [0.25, 0.3) is 0 Å². The van der Waals surface area contributed by atoms with E-state index >= 15 is 0 Å². The first-order chi connectivity index (χ1) is 8.59. The van der Waals surface area contributed by atoms with Gasteiger partial charge >= 0.3 is 0 Å². The van der Waals surface area contributed by atoms with Gasteiger partial charge in [0.25, 0.3) is 0 Å². The normalized spacial score (nSPS) is 36.6. The van der Waals surface area contributed by atoms with E-state index < -0.39 is 30.7 Å². The summed E-state index contributed by atoms with van der Waals surface area (Å²) in [6.07, 6.45) is -4.98. The maximum Gasteiger partial charge on any atom is 0.183 e. The molecule has 1 unspecified atom stereocenters. The lowest BCUT2D eigenvalue weighted by Crippen LogP contribution is -2.57. The Hall–Kier alpha value is -0.980. The fourth-order valence-corrected chi connectivity index (χ4v) is 1.98. The zero-order valence-electron chi connectivity index (χ0n) is 10.1. The minimum atomic E-state index is -1.33. The van der Waals surface area contributed by atoms with Gasteiger partial charge in [0.15, 0.2) is 6.29 Å². The van der Waals surface area contributed by atoms with E-state index in [1.165, 1.54) is 0 Å². The van der Waals surface area contributed by atoms with Crippen molar-refractivity contribution < 1.29 is 24.8 Å². The SMILES string of the molecule is C[C@@H]1OC(O)[C@@H](O)[C@H](OCc2ccccc2)[C@@H]1O. The second-order valence-corrected chi connectivity index (χ2v) is 4.47. The molecule has 18 heavy (non-hydrogen) atoms. The Balaban J connectivity index is 1.98. The molecule has 1 aromatic rings. The van der Waals surface area contributed by atoms with Crippen LogP contribution in [0.1, 0.15) is 12.5 Å². The van der Waals surface area contributed by atoms with Crippen molar-refractivity contribution in [2.45, 2.75) is 44.2 Å². The fourth-order valence-electron chi connectivity index (χ4n) is 1.98. The highest BCUT2D eigenvalue weighted by Crippen LogP contribution is 2.23. The molecule has 0 bridgehead atoms. The first kappa shape index (κ1) is 13.5. The van der Waals surface area contributed by atoms with Gasteiger partial charge in [0.2, 0.25) is 0 Å². The van der Waals surface area contributed by atoms with E-state index in [4.69, 9.17) is 9.47 Å². The van der Waals surface area contributed by atoms with Crippen molar-refractivity contribution in [2.24, 2.45) is 0 Å². The molecule has 1 saturated heterocycles. The summed E-state index contributed by atoms with van der Waals surface area (Å²) in [5.41, 5.74) is 0.936. The number of rotatable bonds is 3. The van der Waals surface area contributed by atoms with Gasteiger partial charge in [-0.05, 0) is 12.5 Å². The van der Waals surface area contributed by atoms with Crippen LogP contribution in [0.2, 0.25) is 0 Å². The molecule has 1 aliphatic heterocycles. The average Bonchev–Trinajstić information content (AvgIpc) is 2.38. The summed E-state index contributed by atoms with van der Waals surface area (Å²) in [5, 5.41) is 29.1. The van der Waals surface area contributed by atoms with Crippen molar-refractivity contribution in [2.75, 3.05) is 0 Å². The third kappa shape index (κ3) is 2.88. The van der Waals surface area contributed by atoms with Crippen LogP contribution in [0.15, 0.2) is 30.3 Å². The highest BCUT2D eigenvalue weighted by atomic mass is 16.6. The topological polar surface area (TPSA) is 79.2 Å². The Morgan fingerprint density at radius 3 is 2.44 bits per heavy atom. The van der Waals surface area contributed by atoms with Gasteiger partial charge in [-0.25, -0.2) is 0 Å². The maximum atomic E-state index is 9.88. The van der Waals surface area contributed by atoms with E-state index in [9.17, 15) is 15.3 Å². The molecule has 5 heteroatoms. The first-order valence-electron chi connectivity index (χ1n) is 5.95. The van der Waals surface area contributed by atoms with E-state index in [1.54, 1.807) is 6.92 Å². The van der Waals surface area contributed by atoms with E-state index in [0.29, 0.717) is 0 Å². The summed E-state index contributed by atoms with van der Waals surface area (Å²) in [5.74, 6) is 0. The molecule has 1 aromatic carbocycles. The highest BCUT2D eigenvalue weighted by Gasteiger charge is 2.42. The van der Waals surface area contributed by atoms with Gasteiger partial charge in [0, 0.05) is 0 Å². The van der Waals surface area contributed by atoms with Crippen LogP contribution in [-0.2, 0) is 16.1 Å². The third-order valence-corrected chi connectivity index (χ3v) is 3.09. The molecular weight excluding hydrogens is 236 g/mol. The van der Waals surface area contributed by atoms with Gasteiger partial charge < -0.3 is 24.8 Å². The third-order valence-electron chi connectivity index (χ3n) is 3.09. The van der Waals surface area contributed by atoms with Gasteiger partial charge in [-0.3, -0.25) is 0 Å². The summed E-state index contributed by atoms with van der Waals surface area (Å²) in [7, 11) is 0. The lowest BCUT2D eigenvalue weighted by Gasteiger charge is -2.39. The molecule has 2 rings (SSSR count). The number of hydrogen-bond acceptors (Lipinski definition) is 5. The number of ether oxygens (including phenoxy) is 2. The largest absolute Gasteiger partial charge is 0.388 e. The molecule has 0 saturated carbocycles. The Labute approximate surface area is 106 Å². The standard InChI is InChI=1S/C13H18O5/c1-8-10(14)12(11(15)13(16)18-8)17-7-9-5-3-2-4-6-9/h2-6,8,10-16H,7H2,1H3/t8-,10+,11-,12+,13?/m0/s1. The molecule has 100 valence electrons. The minimum Gasteiger partial charge on any atom is -0.388 e. The van der Waals surface area contributed by atoms with E-state index in [1.807, 2.05) is 30.3 Å². The van der Waals surface area contributed by atoms with Gasteiger partial charge in [-0.2, -0.15) is 0 Å². The minimum absolute atomic E-state index is 0.263. The summed E-state index contributed by atoms with van der Waals surface area (Å²) < 4.78 is 10.5. The summed E-state index contributed by atoms with van der Waals surface area (Å²) in [4.78, 5) is 0. The lowest BCUT2D eigenvalue weighted by molar-refractivity contribution is -0.287. The van der Waals surface area contributed by atoms with Gasteiger partial charge in [-0.15, -0.1) is 0 Å². The van der Waals surface area contributed by atoms with E-state index in [-0.39, 0.29) is 6.61 Å². The Morgan fingerprint density at radius 2 is 1.78 bits per heavy atom. The van der Waals surface area contributed by atoms with Crippen molar-refractivity contribution in [3.05, 3.63) is 35.9 Å². The van der Waals surface area contributed by atoms with Crippen LogP contribution in [0.5, 0.6) is 0 Å². The summed E-state index contributed by atoms with van der Waals surface area (Å²) >= 11 is 0. The van der Waals surface area contributed by atoms with E-state index in [0.717, 1.165) is 5.56 Å². The van der Waals surface area contributed by atoms with Crippen LogP contribution >= 0.6 is 0 Å². The Kier molecular flexibility index (Phi) is 4.31. The predicted molar refractivity (Wildman–Crippen MR) is 63.6 cm³/mol. The average molecular weight is 254 g/mol. The van der Waals surface area contributed by atoms with Gasteiger partial charge in [-0.1, -0.05) is 30.3 Å². The first-order valence-corrected chi connectivity index (χ1v) is 5.95. The second-order valence-electron chi connectivity index (χ2n) is 4.47. The predicted octanol–water partition coefficient (Wildman–Crippen LogP) is 0.0307. The Bertz CT molecular complexity index is 355. The van der Waals surface area contributed by atoms with Crippen LogP contribution in [0.4, 0.5) is 0 Å². The molecule has 5 nitrogen and oxygen atoms in total. The second kappa shape index (κ2) is 5.77. The molecule has 1 aliphatic rings. The molecule has 0 aromatic heterocycles. The molecule has 0 radical (unpaired) electrons. The summed E-state index contributed by atoms with van der Waals surface area (Å²) in [6.45, 7) is 1.89. The number of aliphatic hydroxyl groups is 3. The van der Waals surface area contributed by atoms with Gasteiger partial charge in [0.05, 0.1) is 12.7 Å². The molecule has 0 spiro atoms. The number of hydrogen-bond donors (Lipinski definition) is 3. The maximum absolute atomic E-state index is 9.88. The Morgan fingerprint density at radius 1 is 1.11 bits per heavy atom. The molecule has 5 atom stereocenters. The molecule has 3 N–H and O–H groups in total. The molecular formula is C13H18O5. The molecule has 1 heterocycles. The molecule has 1 fully saturated rings. The fraction of sp³-hybridized carbons (Fsp3) is 0.538. The van der Waals surface area contributed by atoms with Crippen molar-refractivity contribution in [1.82, 2.24) is 0 Å². The quantitative estimate of drug-likeness (QED) is 0.709. The summed E-state index contributed by atoms with van der Waals surface area (Å²) in [6, 6.07) is 9.43. The number of benzene rings is 1. The highest BCUT2D eigenvalue weighted by molar-refractivity contribution is 5.13. The lowest BCUT2D eigenvalue weighted by atomic mass is 10.00. The monoisotopic (exact) mass is 254 g/mol. The van der Waals surface area contributed by atoms with Crippen LogP contribution in [0, 0.1) is 0 Å². The van der Waals surface area contributed by atoms with Crippen molar-refractivity contribution in [1.29, 1.82) is 0 Å². The van der Waals surface area contributed by atoms with Crippen LogP contribution in [0.3, 0.4) is 0 Å². The van der Waals surface area contributed by atoms with Crippen molar-refractivity contribution in [3.8, 4) is 0 Å². The molecule has 0 amide bonds. The zero-order valence-corrected chi connectivity index (χ0v) is 10.1. The van der Waals surface area contributed by atoms with Gasteiger partial charge in [0.1, 0.15) is 18.3 Å². The van der Waals surface area contributed by atoms with Crippen LogP contribution in [-0.4, -0.2) is 46.0 Å². The smallest absolute Gasteiger partial charge is 0.183 e. The molecule has 0 aliphatic carbocycles. The zero-order chi connectivity index (χ0) is 13.1. The van der Waals surface area contributed by atoms with Crippen molar-refractivity contribution in [3.63, 3.8) is 0 Å². The number of aliphatic hydroxyl groups excluding tert-OH is 3. The van der Waals surface area contributed by atoms with Crippen molar-refractivity contribution >= 4 is 0 Å². The van der Waals surface area contributed by atoms with E-state index in [2.05, 4.69) is 0 Å². The van der Waals surface area contributed by atoms with Crippen LogP contribution < -0.4 is 0 Å².